The molecular weight excluding hydrogens is 260 g/mol. The van der Waals surface area contributed by atoms with Gasteiger partial charge < -0.3 is 9.73 Å². The Balaban J connectivity index is 2.03. The van der Waals surface area contributed by atoms with Crippen molar-refractivity contribution < 1.29 is 4.42 Å². The minimum atomic E-state index is -0.00190. The molecular formula is C18H20N2O. The normalized spacial score (nSPS) is 12.7. The van der Waals surface area contributed by atoms with Gasteiger partial charge in [-0.1, -0.05) is 31.2 Å². The molecule has 3 heteroatoms. The summed E-state index contributed by atoms with van der Waals surface area (Å²) >= 11 is 0. The Bertz CT molecular complexity index is 718. The molecule has 1 aromatic carbocycles. The summed E-state index contributed by atoms with van der Waals surface area (Å²) in [6.07, 6.45) is 2.90. The predicted molar refractivity (Wildman–Crippen MR) is 85.3 cm³/mol. The minimum absolute atomic E-state index is 0.00190. The van der Waals surface area contributed by atoms with E-state index in [9.17, 15) is 0 Å². The van der Waals surface area contributed by atoms with Crippen LogP contribution in [0.4, 0.5) is 0 Å². The van der Waals surface area contributed by atoms with Crippen molar-refractivity contribution in [3.8, 4) is 0 Å². The number of rotatable bonds is 5. The second-order valence-electron chi connectivity index (χ2n) is 5.28. The van der Waals surface area contributed by atoms with Gasteiger partial charge >= 0.3 is 0 Å². The summed E-state index contributed by atoms with van der Waals surface area (Å²) in [5, 5.41) is 4.67. The Labute approximate surface area is 125 Å². The largest absolute Gasteiger partial charge is 0.459 e. The van der Waals surface area contributed by atoms with Gasteiger partial charge in [0.1, 0.15) is 17.4 Å². The summed E-state index contributed by atoms with van der Waals surface area (Å²) in [5.41, 5.74) is 3.11. The van der Waals surface area contributed by atoms with E-state index in [2.05, 4.69) is 48.4 Å². The molecule has 1 N–H and O–H groups in total. The van der Waals surface area contributed by atoms with Gasteiger partial charge in [0.15, 0.2) is 0 Å². The fourth-order valence-corrected chi connectivity index (χ4v) is 2.56. The Hall–Kier alpha value is -2.13. The molecule has 1 atom stereocenters. The maximum atomic E-state index is 6.11. The molecule has 1 unspecified atom stereocenters. The van der Waals surface area contributed by atoms with Crippen LogP contribution in [-0.4, -0.2) is 11.5 Å². The number of nitrogens with zero attached hydrogens (tertiary/aromatic N) is 1. The van der Waals surface area contributed by atoms with Gasteiger partial charge in [0.2, 0.25) is 0 Å². The molecule has 3 nitrogen and oxygen atoms in total. The monoisotopic (exact) mass is 280 g/mol. The lowest BCUT2D eigenvalue weighted by molar-refractivity contribution is 0.463. The summed E-state index contributed by atoms with van der Waals surface area (Å²) in [5.74, 6) is 0.923. The van der Waals surface area contributed by atoms with Gasteiger partial charge in [-0.15, -0.1) is 0 Å². The molecule has 21 heavy (non-hydrogen) atoms. The second-order valence-corrected chi connectivity index (χ2v) is 5.28. The third-order valence-electron chi connectivity index (χ3n) is 3.63. The van der Waals surface area contributed by atoms with E-state index in [1.54, 1.807) is 0 Å². The molecule has 0 spiro atoms. The third kappa shape index (κ3) is 2.83. The van der Waals surface area contributed by atoms with E-state index in [-0.39, 0.29) is 6.04 Å². The van der Waals surface area contributed by atoms with Crippen LogP contribution in [-0.2, 0) is 0 Å². The molecule has 0 aliphatic heterocycles. The van der Waals surface area contributed by atoms with Gasteiger partial charge in [-0.05, 0) is 43.7 Å². The van der Waals surface area contributed by atoms with Crippen LogP contribution in [0.2, 0.25) is 0 Å². The highest BCUT2D eigenvalue weighted by Crippen LogP contribution is 2.29. The van der Waals surface area contributed by atoms with Crippen LogP contribution in [0.1, 0.15) is 36.4 Å². The summed E-state index contributed by atoms with van der Waals surface area (Å²) < 4.78 is 6.11. The van der Waals surface area contributed by atoms with Gasteiger partial charge in [0, 0.05) is 11.6 Å². The van der Waals surface area contributed by atoms with Crippen LogP contribution in [0.25, 0.3) is 11.0 Å². The Morgan fingerprint density at radius 2 is 2.10 bits per heavy atom. The topological polar surface area (TPSA) is 38.1 Å². The summed E-state index contributed by atoms with van der Waals surface area (Å²) in [6.45, 7) is 5.16. The molecule has 0 radical (unpaired) electrons. The van der Waals surface area contributed by atoms with Crippen molar-refractivity contribution >= 4 is 11.0 Å². The Morgan fingerprint density at radius 3 is 2.81 bits per heavy atom. The minimum Gasteiger partial charge on any atom is -0.459 e. The lowest BCUT2D eigenvalue weighted by atomic mass is 10.1. The zero-order valence-electron chi connectivity index (χ0n) is 12.5. The number of hydrogen-bond donors (Lipinski definition) is 1. The lowest BCUT2D eigenvalue weighted by Crippen LogP contribution is -2.23. The van der Waals surface area contributed by atoms with Crippen LogP contribution in [0.15, 0.2) is 53.1 Å². The van der Waals surface area contributed by atoms with E-state index in [1.165, 1.54) is 0 Å². The molecule has 0 saturated heterocycles. The van der Waals surface area contributed by atoms with Crippen molar-refractivity contribution in [3.63, 3.8) is 0 Å². The van der Waals surface area contributed by atoms with E-state index in [4.69, 9.17) is 4.42 Å². The van der Waals surface area contributed by atoms with Crippen molar-refractivity contribution in [2.24, 2.45) is 0 Å². The first kappa shape index (κ1) is 13.8. The number of benzene rings is 1. The highest BCUT2D eigenvalue weighted by molar-refractivity contribution is 5.81. The number of furan rings is 1. The first-order valence-corrected chi connectivity index (χ1v) is 7.43. The number of aromatic nitrogens is 1. The molecule has 3 rings (SSSR count). The van der Waals surface area contributed by atoms with Crippen molar-refractivity contribution in [3.05, 3.63) is 65.7 Å². The molecule has 0 aliphatic rings. The maximum absolute atomic E-state index is 6.11. The summed E-state index contributed by atoms with van der Waals surface area (Å²) in [4.78, 5) is 4.48. The lowest BCUT2D eigenvalue weighted by Gasteiger charge is -2.15. The van der Waals surface area contributed by atoms with Crippen molar-refractivity contribution in [2.45, 2.75) is 26.3 Å². The number of nitrogens with one attached hydrogen (secondary N) is 1. The fourth-order valence-electron chi connectivity index (χ4n) is 2.56. The number of pyridine rings is 1. The maximum Gasteiger partial charge on any atom is 0.137 e. The van der Waals surface area contributed by atoms with E-state index < -0.39 is 0 Å². The predicted octanol–water partition coefficient (Wildman–Crippen LogP) is 4.23. The number of para-hydroxylation sites is 1. The molecule has 0 bridgehead atoms. The van der Waals surface area contributed by atoms with E-state index in [0.717, 1.165) is 41.0 Å². The zero-order chi connectivity index (χ0) is 14.7. The number of aryl methyl sites for hydroxylation is 1. The highest BCUT2D eigenvalue weighted by Gasteiger charge is 2.19. The van der Waals surface area contributed by atoms with Crippen molar-refractivity contribution in [1.29, 1.82) is 0 Å². The van der Waals surface area contributed by atoms with Crippen molar-refractivity contribution in [1.82, 2.24) is 10.3 Å². The molecule has 0 aliphatic carbocycles. The fraction of sp³-hybridized carbons (Fsp3) is 0.278. The first-order chi connectivity index (χ1) is 10.3. The van der Waals surface area contributed by atoms with Gasteiger partial charge in [-0.3, -0.25) is 4.98 Å². The molecule has 0 fully saturated rings. The van der Waals surface area contributed by atoms with E-state index in [0.29, 0.717) is 0 Å². The average molecular weight is 280 g/mol. The van der Waals surface area contributed by atoms with Crippen LogP contribution in [0.3, 0.4) is 0 Å². The van der Waals surface area contributed by atoms with Crippen LogP contribution >= 0.6 is 0 Å². The van der Waals surface area contributed by atoms with Gasteiger partial charge in [-0.25, -0.2) is 0 Å². The van der Waals surface area contributed by atoms with Gasteiger partial charge in [-0.2, -0.15) is 0 Å². The van der Waals surface area contributed by atoms with Gasteiger partial charge in [0.25, 0.3) is 0 Å². The molecule has 2 aromatic heterocycles. The van der Waals surface area contributed by atoms with E-state index in [1.807, 2.05) is 24.4 Å². The molecule has 108 valence electrons. The van der Waals surface area contributed by atoms with Crippen molar-refractivity contribution in [2.75, 3.05) is 6.54 Å². The van der Waals surface area contributed by atoms with Gasteiger partial charge in [0.05, 0.1) is 5.69 Å². The Kier molecular flexibility index (Phi) is 4.02. The summed E-state index contributed by atoms with van der Waals surface area (Å²) in [6, 6.07) is 14.3. The second kappa shape index (κ2) is 6.10. The third-order valence-corrected chi connectivity index (χ3v) is 3.63. The zero-order valence-corrected chi connectivity index (χ0v) is 12.5. The standard InChI is InChI=1S/C18H20N2O/c1-3-10-20-17(15-9-4-5-11-19-15)16-12-14-8-6-7-13(2)18(14)21-16/h4-9,11-12,17,20H,3,10H2,1-2H3. The highest BCUT2D eigenvalue weighted by atomic mass is 16.3. The van der Waals surface area contributed by atoms with Crippen LogP contribution < -0.4 is 5.32 Å². The van der Waals surface area contributed by atoms with Crippen LogP contribution in [0, 0.1) is 6.92 Å². The smallest absolute Gasteiger partial charge is 0.137 e. The summed E-state index contributed by atoms with van der Waals surface area (Å²) in [7, 11) is 0. The quantitative estimate of drug-likeness (QED) is 0.760. The van der Waals surface area contributed by atoms with Crippen LogP contribution in [0.5, 0.6) is 0 Å². The number of fused-ring (bicyclic) bond motifs is 1. The molecule has 0 amide bonds. The molecule has 0 saturated carbocycles. The Morgan fingerprint density at radius 1 is 1.19 bits per heavy atom. The average Bonchev–Trinajstić information content (AvgIpc) is 2.94. The molecule has 2 heterocycles. The SMILES string of the molecule is CCCNC(c1ccccn1)c1cc2cccc(C)c2o1. The van der Waals surface area contributed by atoms with E-state index >= 15 is 0 Å². The molecule has 3 aromatic rings. The number of hydrogen-bond acceptors (Lipinski definition) is 3. The first-order valence-electron chi connectivity index (χ1n) is 7.43.